The largest absolute Gasteiger partial charge is 0.507 e. The van der Waals surface area contributed by atoms with Crippen LogP contribution in [0.15, 0.2) is 42.5 Å². The van der Waals surface area contributed by atoms with Crippen LogP contribution in [0.1, 0.15) is 51.7 Å². The van der Waals surface area contributed by atoms with Crippen LogP contribution >= 0.6 is 0 Å². The maximum Gasteiger partial charge on any atom is 0.201 e. The second-order valence-corrected chi connectivity index (χ2v) is 11.0. The number of hydrogen-bond donors (Lipinski definition) is 10. The molecule has 0 fully saturated rings. The Balaban J connectivity index is 1.31. The van der Waals surface area contributed by atoms with Crippen LogP contribution in [0.2, 0.25) is 0 Å². The van der Waals surface area contributed by atoms with Gasteiger partial charge in [-0.25, -0.2) is 0 Å². The van der Waals surface area contributed by atoms with Gasteiger partial charge in [-0.1, -0.05) is 12.1 Å². The highest BCUT2D eigenvalue weighted by Crippen LogP contribution is 2.61. The summed E-state index contributed by atoms with van der Waals surface area (Å²) in [6.07, 6.45) is -6.68. The number of rotatable bonds is 2. The van der Waals surface area contributed by atoms with Crippen LogP contribution in [0.5, 0.6) is 63.2 Å². The lowest BCUT2D eigenvalue weighted by atomic mass is 9.85. The Morgan fingerprint density at radius 2 is 1.07 bits per heavy atom. The third-order valence-electron chi connectivity index (χ3n) is 8.28. The number of ether oxygens (including phenoxy) is 3. The fourth-order valence-electron chi connectivity index (χ4n) is 6.10. The second-order valence-electron chi connectivity index (χ2n) is 11.0. The van der Waals surface area contributed by atoms with Crippen molar-refractivity contribution in [2.24, 2.45) is 0 Å². The molecule has 7 rings (SSSR count). The lowest BCUT2D eigenvalue weighted by Crippen LogP contribution is -2.32. The van der Waals surface area contributed by atoms with Gasteiger partial charge in [-0.3, -0.25) is 0 Å². The van der Waals surface area contributed by atoms with E-state index in [4.69, 9.17) is 14.2 Å². The van der Waals surface area contributed by atoms with Crippen molar-refractivity contribution in [2.45, 2.75) is 43.4 Å². The Bertz CT molecular complexity index is 1850. The van der Waals surface area contributed by atoms with Crippen LogP contribution < -0.4 is 14.2 Å². The third kappa shape index (κ3) is 3.97. The second kappa shape index (κ2) is 9.64. The van der Waals surface area contributed by atoms with E-state index >= 15 is 0 Å². The highest BCUT2D eigenvalue weighted by molar-refractivity contribution is 5.73. The average molecular weight is 607 g/mol. The van der Waals surface area contributed by atoms with Gasteiger partial charge in [0.25, 0.3) is 0 Å². The lowest BCUT2D eigenvalue weighted by Gasteiger charge is -2.38. The van der Waals surface area contributed by atoms with Gasteiger partial charge in [-0.2, -0.15) is 0 Å². The number of aliphatic hydroxyl groups is 3. The van der Waals surface area contributed by atoms with Gasteiger partial charge < -0.3 is 65.3 Å². The van der Waals surface area contributed by atoms with Gasteiger partial charge in [0.2, 0.25) is 5.75 Å². The summed E-state index contributed by atoms with van der Waals surface area (Å²) in [5.41, 5.74) is 0.536. The van der Waals surface area contributed by atoms with Crippen LogP contribution in [0.25, 0.3) is 0 Å². The molecule has 228 valence electrons. The van der Waals surface area contributed by atoms with E-state index in [-0.39, 0.29) is 80.9 Å². The van der Waals surface area contributed by atoms with E-state index in [1.165, 1.54) is 42.5 Å². The standard InChI is InChI=1S/C31H26O13/c32-14-3-1-10(5-17(14)35)27-19(37)7-12-16(34)9-21-22(29(12)43-27)24(39)23-25(40)26(41)31-13(30(23)42-21)8-20(38)28(44-31)11-2-4-15(33)18(36)6-11/h1-6,9,19-20,24,27-28,32-41H,7-8H2/t19-,20+,24?,27+,28-/m0/s1. The first-order valence-electron chi connectivity index (χ1n) is 13.5. The summed E-state index contributed by atoms with van der Waals surface area (Å²) in [4.78, 5) is 0. The van der Waals surface area contributed by atoms with E-state index in [0.29, 0.717) is 5.56 Å². The van der Waals surface area contributed by atoms with E-state index in [0.717, 1.165) is 0 Å². The van der Waals surface area contributed by atoms with Crippen molar-refractivity contribution in [3.05, 3.63) is 75.8 Å². The molecule has 4 aromatic carbocycles. The van der Waals surface area contributed by atoms with E-state index in [9.17, 15) is 51.1 Å². The molecule has 0 saturated heterocycles. The van der Waals surface area contributed by atoms with Gasteiger partial charge in [0.15, 0.2) is 40.6 Å². The van der Waals surface area contributed by atoms with Gasteiger partial charge in [0.05, 0.1) is 23.3 Å². The van der Waals surface area contributed by atoms with E-state index in [2.05, 4.69) is 0 Å². The molecule has 3 aliphatic rings. The quantitative estimate of drug-likeness (QED) is 0.148. The number of phenolic OH excluding ortho intramolecular Hbond substituents is 7. The fraction of sp³-hybridized carbons (Fsp3) is 0.226. The Morgan fingerprint density at radius 1 is 0.523 bits per heavy atom. The van der Waals surface area contributed by atoms with Crippen LogP contribution in [0, 0.1) is 0 Å². The Kier molecular flexibility index (Phi) is 6.04. The highest BCUT2D eigenvalue weighted by Gasteiger charge is 2.44. The van der Waals surface area contributed by atoms with E-state index in [1.807, 2.05) is 0 Å². The molecule has 10 N–H and O–H groups in total. The number of phenols is 7. The summed E-state index contributed by atoms with van der Waals surface area (Å²) in [7, 11) is 0. The summed E-state index contributed by atoms with van der Waals surface area (Å²) in [5.74, 6) is -4.00. The summed E-state index contributed by atoms with van der Waals surface area (Å²) < 4.78 is 18.0. The monoisotopic (exact) mass is 606 g/mol. The summed E-state index contributed by atoms with van der Waals surface area (Å²) in [5, 5.41) is 106. The van der Waals surface area contributed by atoms with Gasteiger partial charge in [-0.15, -0.1) is 0 Å². The normalized spacial score (nSPS) is 23.2. The molecule has 0 radical (unpaired) electrons. The predicted molar refractivity (Wildman–Crippen MR) is 148 cm³/mol. The number of benzene rings is 4. The lowest BCUT2D eigenvalue weighted by molar-refractivity contribution is 0.0157. The van der Waals surface area contributed by atoms with Crippen molar-refractivity contribution in [1.29, 1.82) is 0 Å². The van der Waals surface area contributed by atoms with Crippen LogP contribution in [-0.2, 0) is 12.8 Å². The van der Waals surface area contributed by atoms with E-state index < -0.39 is 53.5 Å². The van der Waals surface area contributed by atoms with Crippen LogP contribution in [-0.4, -0.2) is 63.3 Å². The number of aromatic hydroxyl groups is 7. The SMILES string of the molecule is Oc1ccc([C@H]2Oc3c(c(O)cc4c3C(O)c3c(O)c(O)c5c(c3O4)C[C@@H](O)[C@H](c3ccc(O)c(O)c3)O5)C[C@@H]2O)cc1O. The third-order valence-corrected chi connectivity index (χ3v) is 8.28. The minimum absolute atomic E-state index is 0.0189. The van der Waals surface area contributed by atoms with Gasteiger partial charge in [0.1, 0.15) is 35.2 Å². The molecule has 3 aliphatic heterocycles. The summed E-state index contributed by atoms with van der Waals surface area (Å²) in [6.45, 7) is 0. The zero-order chi connectivity index (χ0) is 31.2. The topological polar surface area (TPSA) is 230 Å². The smallest absolute Gasteiger partial charge is 0.201 e. The van der Waals surface area contributed by atoms with Crippen LogP contribution in [0.4, 0.5) is 0 Å². The van der Waals surface area contributed by atoms with Crippen molar-refractivity contribution in [3.8, 4) is 63.2 Å². The molecule has 1 unspecified atom stereocenters. The average Bonchev–Trinajstić information content (AvgIpc) is 2.98. The molecule has 0 spiro atoms. The summed E-state index contributed by atoms with van der Waals surface area (Å²) in [6, 6.07) is 8.88. The Hall–Kier alpha value is -5.24. The molecule has 13 nitrogen and oxygen atoms in total. The van der Waals surface area contributed by atoms with Crippen LogP contribution in [0.3, 0.4) is 0 Å². The number of aliphatic hydroxyl groups excluding tert-OH is 3. The molecule has 4 aromatic rings. The molecule has 0 aliphatic carbocycles. The maximum absolute atomic E-state index is 11.6. The first-order valence-corrected chi connectivity index (χ1v) is 13.5. The molecular weight excluding hydrogens is 580 g/mol. The molecule has 44 heavy (non-hydrogen) atoms. The summed E-state index contributed by atoms with van der Waals surface area (Å²) >= 11 is 0. The number of hydrogen-bond acceptors (Lipinski definition) is 13. The molecule has 3 heterocycles. The molecule has 0 aromatic heterocycles. The molecular formula is C31H26O13. The van der Waals surface area contributed by atoms with Crippen molar-refractivity contribution >= 4 is 0 Å². The van der Waals surface area contributed by atoms with Crippen molar-refractivity contribution in [1.82, 2.24) is 0 Å². The minimum atomic E-state index is -1.69. The first kappa shape index (κ1) is 27.6. The molecule has 13 heteroatoms. The van der Waals surface area contributed by atoms with Crippen molar-refractivity contribution in [2.75, 3.05) is 0 Å². The molecule has 0 amide bonds. The Morgan fingerprint density at radius 3 is 1.64 bits per heavy atom. The zero-order valence-corrected chi connectivity index (χ0v) is 22.5. The Labute approximate surface area is 247 Å². The molecule has 5 atom stereocenters. The molecule has 0 saturated carbocycles. The van der Waals surface area contributed by atoms with E-state index in [1.54, 1.807) is 0 Å². The maximum atomic E-state index is 11.6. The van der Waals surface area contributed by atoms with Gasteiger partial charge >= 0.3 is 0 Å². The van der Waals surface area contributed by atoms with Gasteiger partial charge in [-0.05, 0) is 35.4 Å². The van der Waals surface area contributed by atoms with Crippen molar-refractivity contribution in [3.63, 3.8) is 0 Å². The van der Waals surface area contributed by atoms with Gasteiger partial charge in [0, 0.05) is 30.0 Å². The zero-order valence-electron chi connectivity index (χ0n) is 22.5. The first-order chi connectivity index (χ1) is 20.9. The number of fused-ring (bicyclic) bond motifs is 6. The highest BCUT2D eigenvalue weighted by atomic mass is 16.5. The van der Waals surface area contributed by atoms with Crippen molar-refractivity contribution < 1.29 is 65.3 Å². The predicted octanol–water partition coefficient (Wildman–Crippen LogP) is 2.89. The molecule has 0 bridgehead atoms. The minimum Gasteiger partial charge on any atom is -0.507 e. The fourth-order valence-corrected chi connectivity index (χ4v) is 6.10.